The van der Waals surface area contributed by atoms with Crippen LogP contribution in [0.1, 0.15) is 30.5 Å². The third kappa shape index (κ3) is 2.86. The van der Waals surface area contributed by atoms with Gasteiger partial charge in [-0.25, -0.2) is 0 Å². The molecule has 0 fully saturated rings. The maximum Gasteiger partial charge on any atom is 0.339 e. The summed E-state index contributed by atoms with van der Waals surface area (Å²) in [5.41, 5.74) is 4.26. The van der Waals surface area contributed by atoms with E-state index in [9.17, 15) is 17.6 Å². The Hall–Kier alpha value is -1.88. The highest BCUT2D eigenvalue weighted by Gasteiger charge is 2.58. The van der Waals surface area contributed by atoms with Crippen LogP contribution in [0.4, 0.5) is 17.6 Å². The molecule has 2 aromatic carbocycles. The van der Waals surface area contributed by atoms with Crippen molar-refractivity contribution in [1.29, 1.82) is 0 Å². The molecule has 22 heavy (non-hydrogen) atoms. The van der Waals surface area contributed by atoms with E-state index in [1.54, 1.807) is 13.8 Å². The lowest BCUT2D eigenvalue weighted by Crippen LogP contribution is -2.36. The van der Waals surface area contributed by atoms with E-state index >= 15 is 0 Å². The predicted molar refractivity (Wildman–Crippen MR) is 77.9 cm³/mol. The molecule has 0 aromatic heterocycles. The van der Waals surface area contributed by atoms with E-state index in [4.69, 9.17) is 5.73 Å². The highest BCUT2D eigenvalue weighted by Crippen LogP contribution is 2.49. The summed E-state index contributed by atoms with van der Waals surface area (Å²) in [6, 6.07) is 10.8. The standard InChI is InChI=1S/C17H17F4N/c1-15(2,22)12-8-10-14(11-9-12)17(20,21)16(18,19)13-6-4-3-5-7-13/h3-11H,22H2,1-2H3. The monoisotopic (exact) mass is 311 g/mol. The van der Waals surface area contributed by atoms with Crippen molar-refractivity contribution in [3.05, 3.63) is 71.3 Å². The van der Waals surface area contributed by atoms with Gasteiger partial charge in [-0.3, -0.25) is 0 Å². The van der Waals surface area contributed by atoms with Crippen LogP contribution in [0, 0.1) is 0 Å². The fraction of sp³-hybridized carbons (Fsp3) is 0.294. The first-order valence-corrected chi connectivity index (χ1v) is 6.78. The molecule has 0 radical (unpaired) electrons. The van der Waals surface area contributed by atoms with Gasteiger partial charge in [-0.05, 0) is 19.4 Å². The molecule has 2 rings (SSSR count). The summed E-state index contributed by atoms with van der Waals surface area (Å²) in [6.45, 7) is 3.41. The van der Waals surface area contributed by atoms with E-state index in [2.05, 4.69) is 0 Å². The summed E-state index contributed by atoms with van der Waals surface area (Å²) >= 11 is 0. The third-order valence-corrected chi connectivity index (χ3v) is 3.52. The Labute approximate surface area is 126 Å². The predicted octanol–water partition coefficient (Wildman–Crippen LogP) is 4.76. The maximum absolute atomic E-state index is 14.3. The molecule has 0 aliphatic heterocycles. The molecule has 118 valence electrons. The lowest BCUT2D eigenvalue weighted by Gasteiger charge is -2.28. The van der Waals surface area contributed by atoms with Crippen molar-refractivity contribution in [1.82, 2.24) is 0 Å². The topological polar surface area (TPSA) is 26.0 Å². The van der Waals surface area contributed by atoms with Crippen LogP contribution in [0.2, 0.25) is 0 Å². The van der Waals surface area contributed by atoms with Crippen molar-refractivity contribution in [3.8, 4) is 0 Å². The molecule has 0 heterocycles. The summed E-state index contributed by atoms with van der Waals surface area (Å²) in [6.07, 6.45) is 0. The summed E-state index contributed by atoms with van der Waals surface area (Å²) in [7, 11) is 0. The van der Waals surface area contributed by atoms with Gasteiger partial charge in [0.15, 0.2) is 0 Å². The lowest BCUT2D eigenvalue weighted by atomic mass is 9.91. The van der Waals surface area contributed by atoms with E-state index in [-0.39, 0.29) is 0 Å². The summed E-state index contributed by atoms with van der Waals surface area (Å²) < 4.78 is 56.9. The van der Waals surface area contributed by atoms with Crippen LogP contribution in [-0.2, 0) is 17.4 Å². The van der Waals surface area contributed by atoms with E-state index < -0.39 is 28.5 Å². The van der Waals surface area contributed by atoms with Crippen molar-refractivity contribution in [3.63, 3.8) is 0 Å². The highest BCUT2D eigenvalue weighted by molar-refractivity contribution is 5.33. The smallest absolute Gasteiger partial charge is 0.322 e. The minimum absolute atomic E-state index is 0.593. The number of halogens is 4. The van der Waals surface area contributed by atoms with Gasteiger partial charge in [-0.2, -0.15) is 17.6 Å². The molecule has 0 unspecified atom stereocenters. The van der Waals surface area contributed by atoms with Crippen LogP contribution >= 0.6 is 0 Å². The van der Waals surface area contributed by atoms with Crippen molar-refractivity contribution in [2.24, 2.45) is 5.73 Å². The van der Waals surface area contributed by atoms with Crippen molar-refractivity contribution < 1.29 is 17.6 Å². The molecule has 0 amide bonds. The molecule has 0 aliphatic carbocycles. The van der Waals surface area contributed by atoms with Gasteiger partial charge in [0.25, 0.3) is 0 Å². The SMILES string of the molecule is CC(C)(N)c1ccc(C(F)(F)C(F)(F)c2ccccc2)cc1. The Morgan fingerprint density at radius 3 is 1.41 bits per heavy atom. The van der Waals surface area contributed by atoms with Gasteiger partial charge in [-0.15, -0.1) is 0 Å². The van der Waals surface area contributed by atoms with E-state index in [1.807, 2.05) is 0 Å². The second-order valence-electron chi connectivity index (χ2n) is 5.81. The van der Waals surface area contributed by atoms with Crippen molar-refractivity contribution in [2.45, 2.75) is 31.2 Å². The normalized spacial score (nSPS) is 13.2. The van der Waals surface area contributed by atoms with Gasteiger partial charge in [0.1, 0.15) is 0 Å². The van der Waals surface area contributed by atoms with Crippen molar-refractivity contribution >= 4 is 0 Å². The summed E-state index contributed by atoms with van der Waals surface area (Å²) in [4.78, 5) is 0. The van der Waals surface area contributed by atoms with Crippen LogP contribution < -0.4 is 5.73 Å². The number of benzene rings is 2. The number of alkyl halides is 4. The zero-order valence-corrected chi connectivity index (χ0v) is 12.3. The largest absolute Gasteiger partial charge is 0.339 e. The molecular weight excluding hydrogens is 294 g/mol. The van der Waals surface area contributed by atoms with Crippen molar-refractivity contribution in [2.75, 3.05) is 0 Å². The Morgan fingerprint density at radius 2 is 1.00 bits per heavy atom. The first-order chi connectivity index (χ1) is 10.1. The molecule has 0 bridgehead atoms. The fourth-order valence-corrected chi connectivity index (χ4v) is 2.12. The maximum atomic E-state index is 14.3. The van der Waals surface area contributed by atoms with E-state index in [1.165, 1.54) is 30.3 Å². The second-order valence-corrected chi connectivity index (χ2v) is 5.81. The summed E-state index contributed by atoms with van der Waals surface area (Å²) in [5, 5.41) is 0. The molecule has 0 aliphatic rings. The number of nitrogens with two attached hydrogens (primary N) is 1. The molecule has 1 nitrogen and oxygen atoms in total. The van der Waals surface area contributed by atoms with Gasteiger partial charge in [0, 0.05) is 16.7 Å². The first kappa shape index (κ1) is 16.5. The zero-order valence-electron chi connectivity index (χ0n) is 12.3. The van der Waals surface area contributed by atoms with E-state index in [0.29, 0.717) is 5.56 Å². The molecule has 0 spiro atoms. The minimum Gasteiger partial charge on any atom is -0.322 e. The molecular formula is C17H17F4N. The molecule has 2 aromatic rings. The Bertz CT molecular complexity index is 628. The van der Waals surface area contributed by atoms with Crippen LogP contribution in [0.5, 0.6) is 0 Å². The minimum atomic E-state index is -4.31. The average molecular weight is 311 g/mol. The second kappa shape index (κ2) is 5.39. The summed E-state index contributed by atoms with van der Waals surface area (Å²) in [5.74, 6) is -8.61. The van der Waals surface area contributed by atoms with Crippen LogP contribution in [0.3, 0.4) is 0 Å². The Balaban J connectivity index is 2.41. The molecule has 0 atom stereocenters. The zero-order chi connectivity index (χ0) is 16.6. The fourth-order valence-electron chi connectivity index (χ4n) is 2.12. The molecule has 5 heteroatoms. The number of rotatable bonds is 4. The van der Waals surface area contributed by atoms with Crippen LogP contribution in [0.15, 0.2) is 54.6 Å². The highest BCUT2D eigenvalue weighted by atomic mass is 19.3. The van der Waals surface area contributed by atoms with Crippen LogP contribution in [-0.4, -0.2) is 0 Å². The lowest BCUT2D eigenvalue weighted by molar-refractivity contribution is -0.223. The van der Waals surface area contributed by atoms with Gasteiger partial charge in [-0.1, -0.05) is 54.6 Å². The molecule has 0 saturated heterocycles. The average Bonchev–Trinajstić information content (AvgIpc) is 2.47. The molecule has 0 saturated carbocycles. The Morgan fingerprint density at radius 1 is 0.636 bits per heavy atom. The van der Waals surface area contributed by atoms with E-state index in [0.717, 1.165) is 24.3 Å². The molecule has 2 N–H and O–H groups in total. The van der Waals surface area contributed by atoms with Gasteiger partial charge < -0.3 is 5.73 Å². The quantitative estimate of drug-likeness (QED) is 0.809. The van der Waals surface area contributed by atoms with Crippen LogP contribution in [0.25, 0.3) is 0 Å². The Kier molecular flexibility index (Phi) is 4.04. The van der Waals surface area contributed by atoms with Gasteiger partial charge in [0.2, 0.25) is 0 Å². The van der Waals surface area contributed by atoms with Gasteiger partial charge in [0.05, 0.1) is 0 Å². The number of hydrogen-bond donors (Lipinski definition) is 1. The third-order valence-electron chi connectivity index (χ3n) is 3.52. The van der Waals surface area contributed by atoms with Gasteiger partial charge >= 0.3 is 11.8 Å². The first-order valence-electron chi connectivity index (χ1n) is 6.78. The number of hydrogen-bond acceptors (Lipinski definition) is 1.